The highest BCUT2D eigenvalue weighted by molar-refractivity contribution is 8.00. The van der Waals surface area contributed by atoms with Crippen molar-refractivity contribution in [3.05, 3.63) is 0 Å². The van der Waals surface area contributed by atoms with Crippen LogP contribution in [-0.4, -0.2) is 29.5 Å². The molecule has 0 aromatic carbocycles. The molecule has 3 nitrogen and oxygen atoms in total. The lowest BCUT2D eigenvalue weighted by atomic mass is 9.84. The molecular formula is C12H24N2OS. The minimum atomic E-state index is -0.357. The monoisotopic (exact) mass is 244 g/mol. The van der Waals surface area contributed by atoms with Crippen LogP contribution in [0, 0.1) is 5.92 Å². The van der Waals surface area contributed by atoms with Gasteiger partial charge in [-0.1, -0.05) is 26.7 Å². The van der Waals surface area contributed by atoms with Crippen LogP contribution in [0.25, 0.3) is 0 Å². The quantitative estimate of drug-likeness (QED) is 0.748. The third kappa shape index (κ3) is 3.14. The normalized spacial score (nSPS) is 22.0. The highest BCUT2D eigenvalue weighted by atomic mass is 32.2. The fraction of sp³-hybridized carbons (Fsp3) is 0.917. The Morgan fingerprint density at radius 2 is 2.19 bits per heavy atom. The summed E-state index contributed by atoms with van der Waals surface area (Å²) in [4.78, 5) is 11.8. The topological polar surface area (TPSA) is 55.1 Å². The second kappa shape index (κ2) is 5.92. The number of amides is 1. The predicted octanol–water partition coefficient (Wildman–Crippen LogP) is 1.76. The van der Waals surface area contributed by atoms with Crippen LogP contribution in [0.5, 0.6) is 0 Å². The molecule has 1 aliphatic rings. The van der Waals surface area contributed by atoms with E-state index in [0.717, 1.165) is 13.0 Å². The summed E-state index contributed by atoms with van der Waals surface area (Å²) in [5.41, 5.74) is 5.88. The maximum Gasteiger partial charge on any atom is 0.237 e. The first-order valence-corrected chi connectivity index (χ1v) is 7.35. The van der Waals surface area contributed by atoms with E-state index in [4.69, 9.17) is 5.73 Å². The van der Waals surface area contributed by atoms with Crippen LogP contribution in [-0.2, 0) is 4.79 Å². The molecule has 94 valence electrons. The fourth-order valence-corrected chi connectivity index (χ4v) is 2.82. The molecule has 1 saturated carbocycles. The van der Waals surface area contributed by atoms with Gasteiger partial charge in [0.15, 0.2) is 0 Å². The largest absolute Gasteiger partial charge is 0.353 e. The van der Waals surface area contributed by atoms with Crippen LogP contribution in [0.15, 0.2) is 0 Å². The maximum atomic E-state index is 11.8. The van der Waals surface area contributed by atoms with Crippen molar-refractivity contribution in [2.45, 2.75) is 50.3 Å². The molecule has 1 rings (SSSR count). The molecule has 0 saturated heterocycles. The minimum absolute atomic E-state index is 0.00896. The molecule has 1 aliphatic carbocycles. The van der Waals surface area contributed by atoms with Crippen molar-refractivity contribution >= 4 is 17.7 Å². The first-order valence-electron chi connectivity index (χ1n) is 6.13. The summed E-state index contributed by atoms with van der Waals surface area (Å²) >= 11 is 1.87. The number of carbonyl (C=O) groups excluding carboxylic acids is 1. The number of nitrogens with one attached hydrogen (secondary N) is 1. The van der Waals surface area contributed by atoms with Crippen LogP contribution in [0.1, 0.15) is 39.5 Å². The Morgan fingerprint density at radius 1 is 1.56 bits per heavy atom. The lowest BCUT2D eigenvalue weighted by molar-refractivity contribution is -0.123. The van der Waals surface area contributed by atoms with Gasteiger partial charge in [-0.2, -0.15) is 11.8 Å². The van der Waals surface area contributed by atoms with Gasteiger partial charge < -0.3 is 11.1 Å². The van der Waals surface area contributed by atoms with Gasteiger partial charge in [0.1, 0.15) is 0 Å². The molecular weight excluding hydrogens is 220 g/mol. The van der Waals surface area contributed by atoms with Gasteiger partial charge in [0.2, 0.25) is 5.91 Å². The van der Waals surface area contributed by atoms with E-state index in [1.165, 1.54) is 19.3 Å². The zero-order valence-electron chi connectivity index (χ0n) is 10.6. The van der Waals surface area contributed by atoms with Crippen molar-refractivity contribution in [3.63, 3.8) is 0 Å². The van der Waals surface area contributed by atoms with Crippen LogP contribution in [0.4, 0.5) is 0 Å². The Kier molecular flexibility index (Phi) is 5.12. The number of carbonyl (C=O) groups is 1. The van der Waals surface area contributed by atoms with Crippen molar-refractivity contribution in [1.82, 2.24) is 5.32 Å². The summed E-state index contributed by atoms with van der Waals surface area (Å²) in [6.45, 7) is 4.86. The molecule has 1 amide bonds. The van der Waals surface area contributed by atoms with Gasteiger partial charge in [-0.05, 0) is 25.0 Å². The van der Waals surface area contributed by atoms with E-state index in [0.29, 0.717) is 4.75 Å². The Morgan fingerprint density at radius 3 is 2.56 bits per heavy atom. The number of hydrogen-bond donors (Lipinski definition) is 2. The van der Waals surface area contributed by atoms with E-state index in [2.05, 4.69) is 18.5 Å². The third-order valence-electron chi connectivity index (χ3n) is 3.84. The van der Waals surface area contributed by atoms with Gasteiger partial charge in [-0.3, -0.25) is 4.79 Å². The summed E-state index contributed by atoms with van der Waals surface area (Å²) in [7, 11) is 0. The molecule has 3 N–H and O–H groups in total. The lowest BCUT2D eigenvalue weighted by Gasteiger charge is -2.40. The molecule has 4 heteroatoms. The summed E-state index contributed by atoms with van der Waals surface area (Å²) in [5, 5.41) is 3.01. The highest BCUT2D eigenvalue weighted by Crippen LogP contribution is 2.42. The molecule has 2 atom stereocenters. The second-order valence-electron chi connectivity index (χ2n) is 4.87. The summed E-state index contributed by atoms with van der Waals surface area (Å²) < 4.78 is 0.296. The van der Waals surface area contributed by atoms with Crippen molar-refractivity contribution in [2.75, 3.05) is 12.8 Å². The predicted molar refractivity (Wildman–Crippen MR) is 70.5 cm³/mol. The van der Waals surface area contributed by atoms with Crippen LogP contribution in [0.3, 0.4) is 0 Å². The molecule has 1 unspecified atom stereocenters. The zero-order valence-corrected chi connectivity index (χ0v) is 11.4. The Bertz CT molecular complexity index is 236. The Hall–Kier alpha value is -0.220. The number of rotatable bonds is 6. The zero-order chi connectivity index (χ0) is 12.2. The third-order valence-corrected chi connectivity index (χ3v) is 5.26. The van der Waals surface area contributed by atoms with Crippen molar-refractivity contribution in [2.24, 2.45) is 11.7 Å². The first kappa shape index (κ1) is 13.8. The highest BCUT2D eigenvalue weighted by Gasteiger charge is 2.36. The van der Waals surface area contributed by atoms with E-state index >= 15 is 0 Å². The first-order chi connectivity index (χ1) is 7.54. The number of thioether (sulfide) groups is 1. The summed E-state index contributed by atoms with van der Waals surface area (Å²) in [5.74, 6) is 0.265. The molecule has 1 fully saturated rings. The Labute approximate surface area is 103 Å². The molecule has 0 bridgehead atoms. The average Bonchev–Trinajstić information content (AvgIpc) is 2.25. The molecule has 0 aliphatic heterocycles. The van der Waals surface area contributed by atoms with Crippen molar-refractivity contribution < 1.29 is 4.79 Å². The maximum absolute atomic E-state index is 11.8. The minimum Gasteiger partial charge on any atom is -0.353 e. The molecule has 0 spiro atoms. The van der Waals surface area contributed by atoms with Crippen molar-refractivity contribution in [3.8, 4) is 0 Å². The van der Waals surface area contributed by atoms with Crippen LogP contribution >= 0.6 is 11.8 Å². The summed E-state index contributed by atoms with van der Waals surface area (Å²) in [6, 6.07) is -0.357. The molecule has 0 heterocycles. The smallest absolute Gasteiger partial charge is 0.237 e. The van der Waals surface area contributed by atoms with E-state index in [9.17, 15) is 4.79 Å². The van der Waals surface area contributed by atoms with Gasteiger partial charge in [0, 0.05) is 11.3 Å². The molecule has 0 aromatic heterocycles. The standard InChI is InChI=1S/C12H24N2OS/c1-4-9(2)10(13)11(15)14-8-12(16-3)6-5-7-12/h9-10H,4-8,13H2,1-3H3,(H,14,15)/t9?,10-/m0/s1. The molecule has 16 heavy (non-hydrogen) atoms. The van der Waals surface area contributed by atoms with Crippen molar-refractivity contribution in [1.29, 1.82) is 0 Å². The van der Waals surface area contributed by atoms with Crippen LogP contribution < -0.4 is 11.1 Å². The summed E-state index contributed by atoms with van der Waals surface area (Å²) in [6.07, 6.45) is 6.79. The lowest BCUT2D eigenvalue weighted by Crippen LogP contribution is -2.51. The SMILES string of the molecule is CCC(C)[C@H](N)C(=O)NCC1(SC)CCC1. The van der Waals surface area contributed by atoms with Gasteiger partial charge in [-0.15, -0.1) is 0 Å². The van der Waals surface area contributed by atoms with Gasteiger partial charge in [-0.25, -0.2) is 0 Å². The van der Waals surface area contributed by atoms with E-state index < -0.39 is 0 Å². The molecule has 0 aromatic rings. The van der Waals surface area contributed by atoms with E-state index in [1.807, 2.05) is 18.7 Å². The van der Waals surface area contributed by atoms with E-state index in [-0.39, 0.29) is 17.9 Å². The second-order valence-corrected chi connectivity index (χ2v) is 6.14. The van der Waals surface area contributed by atoms with Gasteiger partial charge in [0.25, 0.3) is 0 Å². The fourth-order valence-electron chi connectivity index (χ4n) is 1.90. The Balaban J connectivity index is 2.34. The van der Waals surface area contributed by atoms with Gasteiger partial charge >= 0.3 is 0 Å². The average molecular weight is 244 g/mol. The number of hydrogen-bond acceptors (Lipinski definition) is 3. The van der Waals surface area contributed by atoms with Crippen LogP contribution in [0.2, 0.25) is 0 Å². The van der Waals surface area contributed by atoms with Gasteiger partial charge in [0.05, 0.1) is 6.04 Å². The number of nitrogens with two attached hydrogens (primary N) is 1. The molecule has 0 radical (unpaired) electrons. The van der Waals surface area contributed by atoms with E-state index in [1.54, 1.807) is 0 Å².